The lowest BCUT2D eigenvalue weighted by atomic mass is 10.1. The third-order valence-corrected chi connectivity index (χ3v) is 2.76. The lowest BCUT2D eigenvalue weighted by Gasteiger charge is -2.16. The molecule has 0 fully saturated rings. The van der Waals surface area contributed by atoms with E-state index in [9.17, 15) is 4.79 Å². The second kappa shape index (κ2) is 6.84. The molecule has 19 heavy (non-hydrogen) atoms. The fraction of sp³-hybridized carbons (Fsp3) is 0.462. The van der Waals surface area contributed by atoms with Crippen LogP contribution in [-0.2, 0) is 4.79 Å². The number of carbonyl (C=O) groups is 1. The third kappa shape index (κ3) is 3.51. The minimum absolute atomic E-state index is 0.173. The van der Waals surface area contributed by atoms with Crippen LogP contribution in [0.5, 0.6) is 17.2 Å². The van der Waals surface area contributed by atoms with Gasteiger partial charge in [-0.1, -0.05) is 6.92 Å². The zero-order valence-corrected chi connectivity index (χ0v) is 11.6. The van der Waals surface area contributed by atoms with Crippen LogP contribution < -0.4 is 25.3 Å². The molecule has 0 spiro atoms. The number of ether oxygens (including phenoxy) is 3. The summed E-state index contributed by atoms with van der Waals surface area (Å²) in [6.07, 6.45) is 0. The Labute approximate surface area is 112 Å². The van der Waals surface area contributed by atoms with Crippen LogP contribution in [0.15, 0.2) is 12.1 Å². The van der Waals surface area contributed by atoms with Crippen molar-refractivity contribution in [2.45, 2.75) is 6.92 Å². The van der Waals surface area contributed by atoms with Crippen LogP contribution in [0.4, 0.5) is 5.69 Å². The number of nitrogens with one attached hydrogen (secondary N) is 1. The molecule has 1 aromatic rings. The zero-order chi connectivity index (χ0) is 14.4. The number of nitrogens with two attached hydrogens (primary N) is 1. The Kier molecular flexibility index (Phi) is 5.44. The summed E-state index contributed by atoms with van der Waals surface area (Å²) in [6, 6.07) is 3.31. The van der Waals surface area contributed by atoms with Gasteiger partial charge in [-0.25, -0.2) is 0 Å². The van der Waals surface area contributed by atoms with E-state index in [2.05, 4.69) is 5.32 Å². The first-order valence-corrected chi connectivity index (χ1v) is 5.88. The molecule has 0 aromatic heterocycles. The maximum absolute atomic E-state index is 11.8. The van der Waals surface area contributed by atoms with E-state index < -0.39 is 0 Å². The lowest BCUT2D eigenvalue weighted by molar-refractivity contribution is -0.119. The molecule has 1 unspecified atom stereocenters. The van der Waals surface area contributed by atoms with Crippen molar-refractivity contribution >= 4 is 11.6 Å². The van der Waals surface area contributed by atoms with Gasteiger partial charge in [0.05, 0.1) is 27.0 Å². The Balaban J connectivity index is 3.08. The van der Waals surface area contributed by atoms with E-state index in [4.69, 9.17) is 19.9 Å². The molecule has 1 aromatic carbocycles. The molecule has 0 saturated carbocycles. The Morgan fingerprint density at radius 2 is 1.68 bits per heavy atom. The summed E-state index contributed by atoms with van der Waals surface area (Å²) in [5.41, 5.74) is 5.98. The standard InChI is InChI=1S/C13H20N2O4/c1-8(7-14)13(16)15-9-5-11(18-3)12(19-4)6-10(9)17-2/h5-6,8H,7,14H2,1-4H3,(H,15,16). The lowest BCUT2D eigenvalue weighted by Crippen LogP contribution is -2.26. The Morgan fingerprint density at radius 3 is 2.16 bits per heavy atom. The van der Waals surface area contributed by atoms with E-state index in [0.29, 0.717) is 22.9 Å². The number of amides is 1. The second-order valence-corrected chi connectivity index (χ2v) is 4.03. The highest BCUT2D eigenvalue weighted by Crippen LogP contribution is 2.37. The fourth-order valence-electron chi connectivity index (χ4n) is 1.49. The quantitative estimate of drug-likeness (QED) is 0.811. The molecule has 0 radical (unpaired) electrons. The molecule has 1 rings (SSSR count). The number of rotatable bonds is 6. The average molecular weight is 268 g/mol. The number of carbonyl (C=O) groups excluding carboxylic acids is 1. The van der Waals surface area contributed by atoms with E-state index in [1.165, 1.54) is 21.3 Å². The summed E-state index contributed by atoms with van der Waals surface area (Å²) in [5, 5.41) is 2.76. The summed E-state index contributed by atoms with van der Waals surface area (Å²) in [7, 11) is 4.58. The SMILES string of the molecule is COc1cc(OC)c(OC)cc1NC(=O)C(C)CN. The van der Waals surface area contributed by atoms with Crippen LogP contribution in [0.1, 0.15) is 6.92 Å². The predicted molar refractivity (Wildman–Crippen MR) is 72.9 cm³/mol. The van der Waals surface area contributed by atoms with Gasteiger partial charge >= 0.3 is 0 Å². The van der Waals surface area contributed by atoms with Gasteiger partial charge in [-0.2, -0.15) is 0 Å². The van der Waals surface area contributed by atoms with E-state index in [-0.39, 0.29) is 18.4 Å². The molecule has 6 heteroatoms. The van der Waals surface area contributed by atoms with Crippen LogP contribution in [0.25, 0.3) is 0 Å². The number of anilines is 1. The number of hydrogen-bond acceptors (Lipinski definition) is 5. The van der Waals surface area contributed by atoms with Gasteiger partial charge in [-0.3, -0.25) is 4.79 Å². The third-order valence-electron chi connectivity index (χ3n) is 2.76. The summed E-state index contributed by atoms with van der Waals surface area (Å²) >= 11 is 0. The number of methoxy groups -OCH3 is 3. The Hall–Kier alpha value is -1.95. The van der Waals surface area contributed by atoms with Gasteiger partial charge in [0.2, 0.25) is 5.91 Å². The molecular weight excluding hydrogens is 248 g/mol. The van der Waals surface area contributed by atoms with Gasteiger partial charge in [0.1, 0.15) is 5.75 Å². The highest BCUT2D eigenvalue weighted by atomic mass is 16.5. The zero-order valence-electron chi connectivity index (χ0n) is 11.6. The second-order valence-electron chi connectivity index (χ2n) is 4.03. The maximum Gasteiger partial charge on any atom is 0.228 e. The number of benzene rings is 1. The highest BCUT2D eigenvalue weighted by molar-refractivity contribution is 5.94. The highest BCUT2D eigenvalue weighted by Gasteiger charge is 2.16. The Morgan fingerprint density at radius 1 is 1.16 bits per heavy atom. The van der Waals surface area contributed by atoms with E-state index >= 15 is 0 Å². The topological polar surface area (TPSA) is 82.8 Å². The van der Waals surface area contributed by atoms with Crippen LogP contribution in [0, 0.1) is 5.92 Å². The Bertz CT molecular complexity index is 449. The molecule has 1 atom stereocenters. The van der Waals surface area contributed by atoms with Gasteiger partial charge < -0.3 is 25.3 Å². The van der Waals surface area contributed by atoms with Crippen LogP contribution >= 0.6 is 0 Å². The van der Waals surface area contributed by atoms with Crippen molar-refractivity contribution in [3.63, 3.8) is 0 Å². The first-order chi connectivity index (χ1) is 9.07. The number of hydrogen-bond donors (Lipinski definition) is 2. The summed E-state index contributed by atoms with van der Waals surface area (Å²) < 4.78 is 15.6. The average Bonchev–Trinajstić information content (AvgIpc) is 2.45. The first-order valence-electron chi connectivity index (χ1n) is 5.88. The predicted octanol–water partition coefficient (Wildman–Crippen LogP) is 1.25. The minimum Gasteiger partial charge on any atom is -0.494 e. The van der Waals surface area contributed by atoms with Crippen molar-refractivity contribution in [2.24, 2.45) is 11.7 Å². The molecule has 0 aliphatic carbocycles. The van der Waals surface area contributed by atoms with E-state index in [0.717, 1.165) is 0 Å². The van der Waals surface area contributed by atoms with Gasteiger partial charge in [-0.15, -0.1) is 0 Å². The van der Waals surface area contributed by atoms with E-state index in [1.807, 2.05) is 0 Å². The molecule has 0 aliphatic heterocycles. The molecule has 0 saturated heterocycles. The normalized spacial score (nSPS) is 11.6. The summed E-state index contributed by atoms with van der Waals surface area (Å²) in [4.78, 5) is 11.8. The molecule has 1 amide bonds. The monoisotopic (exact) mass is 268 g/mol. The molecule has 0 aliphatic rings. The van der Waals surface area contributed by atoms with Crippen molar-refractivity contribution in [1.82, 2.24) is 0 Å². The van der Waals surface area contributed by atoms with E-state index in [1.54, 1.807) is 19.1 Å². The van der Waals surface area contributed by atoms with Crippen molar-refractivity contribution in [1.29, 1.82) is 0 Å². The van der Waals surface area contributed by atoms with Crippen LogP contribution in [-0.4, -0.2) is 33.8 Å². The van der Waals surface area contributed by atoms with Crippen molar-refractivity contribution in [3.05, 3.63) is 12.1 Å². The largest absolute Gasteiger partial charge is 0.494 e. The smallest absolute Gasteiger partial charge is 0.228 e. The molecular formula is C13H20N2O4. The maximum atomic E-state index is 11.8. The van der Waals surface area contributed by atoms with Gasteiger partial charge in [0, 0.05) is 24.6 Å². The molecule has 3 N–H and O–H groups in total. The van der Waals surface area contributed by atoms with Gasteiger partial charge in [0.25, 0.3) is 0 Å². The molecule has 106 valence electrons. The fourth-order valence-corrected chi connectivity index (χ4v) is 1.49. The van der Waals surface area contributed by atoms with Crippen LogP contribution in [0.3, 0.4) is 0 Å². The molecule has 0 bridgehead atoms. The molecule has 0 heterocycles. The van der Waals surface area contributed by atoms with Crippen molar-refractivity contribution in [2.75, 3.05) is 33.2 Å². The molecule has 6 nitrogen and oxygen atoms in total. The van der Waals surface area contributed by atoms with Crippen LogP contribution in [0.2, 0.25) is 0 Å². The van der Waals surface area contributed by atoms with Gasteiger partial charge in [-0.05, 0) is 0 Å². The summed E-state index contributed by atoms with van der Waals surface area (Å²) in [5.74, 6) is 1.09. The van der Waals surface area contributed by atoms with Gasteiger partial charge in [0.15, 0.2) is 11.5 Å². The van der Waals surface area contributed by atoms with Crippen molar-refractivity contribution < 1.29 is 19.0 Å². The van der Waals surface area contributed by atoms with Crippen molar-refractivity contribution in [3.8, 4) is 17.2 Å². The summed E-state index contributed by atoms with van der Waals surface area (Å²) in [6.45, 7) is 2.03. The minimum atomic E-state index is -0.280. The first kappa shape index (κ1) is 15.1.